The molecule has 2 amide bonds. The molecular weight excluding hydrogens is 1040 g/mol. The quantitative estimate of drug-likeness (QED) is 0.0461. The zero-order valence-electron chi connectivity index (χ0n) is 50.7. The lowest BCUT2D eigenvalue weighted by molar-refractivity contribution is -0.000447. The molecule has 0 aliphatic carbocycles. The van der Waals surface area contributed by atoms with Gasteiger partial charge in [-0.05, 0) is 138 Å². The molecule has 0 aromatic heterocycles. The molecule has 4 unspecified atom stereocenters. The van der Waals surface area contributed by atoms with Gasteiger partial charge < -0.3 is 37.9 Å². The van der Waals surface area contributed by atoms with Gasteiger partial charge >= 0.3 is 12.2 Å². The molecule has 4 saturated heterocycles. The zero-order valence-corrected chi connectivity index (χ0v) is 50.7. The van der Waals surface area contributed by atoms with E-state index in [2.05, 4.69) is 142 Å². The summed E-state index contributed by atoms with van der Waals surface area (Å²) in [5.74, 6) is 3.26. The van der Waals surface area contributed by atoms with Crippen molar-refractivity contribution in [2.24, 2.45) is 10.8 Å². The van der Waals surface area contributed by atoms with E-state index in [1.165, 1.54) is 35.1 Å². The summed E-state index contributed by atoms with van der Waals surface area (Å²) in [6.45, 7) is 26.3. The Kier molecular flexibility index (Phi) is 19.5. The van der Waals surface area contributed by atoms with Crippen LogP contribution in [0.4, 0.5) is 21.0 Å². The molecule has 0 saturated carbocycles. The van der Waals surface area contributed by atoms with E-state index < -0.39 is 0 Å². The third kappa shape index (κ3) is 14.5. The van der Waals surface area contributed by atoms with E-state index in [4.69, 9.17) is 37.9 Å². The van der Waals surface area contributed by atoms with Gasteiger partial charge in [0.05, 0.1) is 39.5 Å². The van der Waals surface area contributed by atoms with Crippen LogP contribution in [0.5, 0.6) is 23.0 Å². The van der Waals surface area contributed by atoms with Crippen molar-refractivity contribution in [2.45, 2.75) is 149 Å². The molecule has 12 heteroatoms. The average molecular weight is 1130 g/mol. The van der Waals surface area contributed by atoms with Crippen LogP contribution in [-0.2, 0) is 36.2 Å². The molecule has 6 aromatic rings. The van der Waals surface area contributed by atoms with Gasteiger partial charge in [0.1, 0.15) is 60.6 Å². The minimum Gasteiger partial charge on any atom is -0.493 e. The van der Waals surface area contributed by atoms with Crippen LogP contribution >= 0.6 is 0 Å². The Balaban J connectivity index is 0.00000201. The molecule has 10 rings (SSSR count). The van der Waals surface area contributed by atoms with E-state index in [9.17, 15) is 9.59 Å². The molecule has 83 heavy (non-hydrogen) atoms. The largest absolute Gasteiger partial charge is 0.493 e. The van der Waals surface area contributed by atoms with Crippen molar-refractivity contribution in [3.8, 4) is 23.0 Å². The van der Waals surface area contributed by atoms with Crippen molar-refractivity contribution in [2.75, 3.05) is 62.5 Å². The van der Waals surface area contributed by atoms with Gasteiger partial charge in [-0.1, -0.05) is 155 Å². The lowest BCUT2D eigenvalue weighted by atomic mass is 9.77. The van der Waals surface area contributed by atoms with Crippen molar-refractivity contribution < 1.29 is 47.5 Å². The van der Waals surface area contributed by atoms with E-state index in [1.54, 1.807) is 9.80 Å². The van der Waals surface area contributed by atoms with Crippen LogP contribution in [-0.4, -0.2) is 89.3 Å². The summed E-state index contributed by atoms with van der Waals surface area (Å²) in [4.78, 5) is 30.5. The first-order valence-electron chi connectivity index (χ1n) is 30.4. The molecule has 12 nitrogen and oxygen atoms in total. The van der Waals surface area contributed by atoms with Crippen LogP contribution in [0.1, 0.15) is 141 Å². The standard InChI is InChI=1S/C67H78N2O10.C4H10/c1-9-66(10-2,44-76-56-33-21-50(22-34-56)64(5,6)48-17-29-54(30-18-48)72-40-58-42-74-58)60-38-68(62(70)78-60)52-25-13-46(14-26-52)37-47-15-27-53(28-16-47)69-39-61(79-63(69)71)67(11-3,12-4)45-77-57-35-23-51(24-36-57)65(7,8)49-19-31-55(32-20-49)73-41-59-43-75-59;1-3-4-2/h13-36,58-61H,9-12,37-45H2,1-8H3;3-4H2,1-2H3. The van der Waals surface area contributed by atoms with Gasteiger partial charge in [-0.3, -0.25) is 9.80 Å². The summed E-state index contributed by atoms with van der Waals surface area (Å²) in [7, 11) is 0. The Bertz CT molecular complexity index is 2810. The van der Waals surface area contributed by atoms with E-state index in [1.807, 2.05) is 72.8 Å². The number of carbonyl (C=O) groups is 2. The Morgan fingerprint density at radius 2 is 0.711 bits per heavy atom. The predicted molar refractivity (Wildman–Crippen MR) is 329 cm³/mol. The second-order valence-corrected chi connectivity index (χ2v) is 24.1. The van der Waals surface area contributed by atoms with Crippen molar-refractivity contribution in [1.29, 1.82) is 0 Å². The second-order valence-electron chi connectivity index (χ2n) is 24.1. The highest BCUT2D eigenvalue weighted by molar-refractivity contribution is 5.90. The summed E-state index contributed by atoms with van der Waals surface area (Å²) in [6, 6.07) is 49.6. The van der Waals surface area contributed by atoms with E-state index in [0.717, 1.165) is 84.4 Å². The highest BCUT2D eigenvalue weighted by atomic mass is 16.6. The minimum atomic E-state index is -0.371. The zero-order chi connectivity index (χ0) is 58.8. The number of ether oxygens (including phenoxy) is 8. The molecule has 0 radical (unpaired) electrons. The predicted octanol–water partition coefficient (Wildman–Crippen LogP) is 15.7. The van der Waals surface area contributed by atoms with E-state index in [-0.39, 0.29) is 58.3 Å². The smallest absolute Gasteiger partial charge is 0.414 e. The summed E-state index contributed by atoms with van der Waals surface area (Å²) in [5.41, 5.74) is 7.36. The van der Waals surface area contributed by atoms with Gasteiger partial charge in [0.2, 0.25) is 0 Å². The van der Waals surface area contributed by atoms with Crippen molar-refractivity contribution in [3.05, 3.63) is 179 Å². The number of hydrogen-bond donors (Lipinski definition) is 0. The highest BCUT2D eigenvalue weighted by Crippen LogP contribution is 2.42. The maximum Gasteiger partial charge on any atom is 0.414 e. The fourth-order valence-corrected chi connectivity index (χ4v) is 11.2. The number of carbonyl (C=O) groups excluding carboxylic acids is 2. The van der Waals surface area contributed by atoms with Crippen LogP contribution in [0, 0.1) is 10.8 Å². The number of cyclic esters (lactones) is 2. The van der Waals surface area contributed by atoms with Gasteiger partial charge in [-0.15, -0.1) is 0 Å². The average Bonchev–Trinajstić information content (AvgIpc) is 4.62. The molecular formula is C71H88N2O10. The van der Waals surface area contributed by atoms with Crippen molar-refractivity contribution >= 4 is 23.6 Å². The van der Waals surface area contributed by atoms with Crippen LogP contribution in [0.3, 0.4) is 0 Å². The van der Waals surface area contributed by atoms with Crippen molar-refractivity contribution in [1.82, 2.24) is 0 Å². The van der Waals surface area contributed by atoms with Gasteiger partial charge in [0.15, 0.2) is 0 Å². The third-order valence-electron chi connectivity index (χ3n) is 18.2. The third-order valence-corrected chi connectivity index (χ3v) is 18.2. The summed E-state index contributed by atoms with van der Waals surface area (Å²) in [6.07, 6.45) is 5.58. The Labute approximate surface area is 493 Å². The van der Waals surface area contributed by atoms with E-state index >= 15 is 0 Å². The first kappa shape index (κ1) is 60.6. The number of epoxide rings is 2. The molecule has 0 spiro atoms. The Morgan fingerprint density at radius 3 is 0.976 bits per heavy atom. The summed E-state index contributed by atoms with van der Waals surface area (Å²) < 4.78 is 47.6. The number of hydrogen-bond acceptors (Lipinski definition) is 10. The van der Waals surface area contributed by atoms with Gasteiger partial charge in [-0.2, -0.15) is 0 Å². The molecule has 4 heterocycles. The number of rotatable bonds is 27. The maximum absolute atomic E-state index is 13.5. The molecule has 6 aromatic carbocycles. The number of benzene rings is 6. The number of unbranched alkanes of at least 4 members (excludes halogenated alkanes) is 1. The summed E-state index contributed by atoms with van der Waals surface area (Å²) >= 11 is 0. The highest BCUT2D eigenvalue weighted by Gasteiger charge is 2.48. The lowest BCUT2D eigenvalue weighted by Crippen LogP contribution is -2.42. The molecule has 4 aliphatic heterocycles. The second kappa shape index (κ2) is 26.7. The monoisotopic (exact) mass is 1130 g/mol. The minimum absolute atomic E-state index is 0.223. The first-order chi connectivity index (χ1) is 40.0. The molecule has 442 valence electrons. The first-order valence-corrected chi connectivity index (χ1v) is 30.4. The van der Waals surface area contributed by atoms with E-state index in [0.29, 0.717) is 45.9 Å². The van der Waals surface area contributed by atoms with Gasteiger partial charge in [0, 0.05) is 33.0 Å². The van der Waals surface area contributed by atoms with Gasteiger partial charge in [-0.25, -0.2) is 9.59 Å². The molecule has 4 fully saturated rings. The molecule has 4 aliphatic rings. The number of anilines is 2. The number of nitrogens with zero attached hydrogens (tertiary/aromatic N) is 2. The van der Waals surface area contributed by atoms with Crippen LogP contribution in [0.25, 0.3) is 0 Å². The van der Waals surface area contributed by atoms with Crippen LogP contribution in [0.15, 0.2) is 146 Å². The van der Waals surface area contributed by atoms with Gasteiger partial charge in [0.25, 0.3) is 0 Å². The number of amides is 2. The van der Waals surface area contributed by atoms with Crippen LogP contribution < -0.4 is 28.7 Å². The molecule has 0 bridgehead atoms. The SMILES string of the molecule is CCC(CC)(COc1ccc(C(C)(C)c2ccc(OCC3CO3)cc2)cc1)C1CN(c2ccc(Cc3ccc(N4CC(C(CC)(CC)COc5ccc(C(C)(C)c6ccc(OCC7CO7)cc6)cc5)OC4=O)cc3)cc2)C(=O)O1.CCCC. The fourth-order valence-electron chi connectivity index (χ4n) is 11.2. The molecule has 0 N–H and O–H groups in total. The molecule has 4 atom stereocenters. The van der Waals surface area contributed by atoms with Crippen LogP contribution in [0.2, 0.25) is 0 Å². The summed E-state index contributed by atoms with van der Waals surface area (Å²) in [5, 5.41) is 0. The Morgan fingerprint density at radius 1 is 0.422 bits per heavy atom. The maximum atomic E-state index is 13.5. The lowest BCUT2D eigenvalue weighted by Gasteiger charge is -2.35. The Hall–Kier alpha value is -7.02. The van der Waals surface area contributed by atoms with Crippen molar-refractivity contribution in [3.63, 3.8) is 0 Å². The fraction of sp³-hybridized carbons (Fsp3) is 0.465. The topological polar surface area (TPSA) is 121 Å². The normalized spacial score (nSPS) is 18.7.